The summed E-state index contributed by atoms with van der Waals surface area (Å²) >= 11 is 0. The molecule has 0 saturated carbocycles. The lowest BCUT2D eigenvalue weighted by Crippen LogP contribution is -2.47. The summed E-state index contributed by atoms with van der Waals surface area (Å²) in [6.07, 6.45) is 2.77. The van der Waals surface area contributed by atoms with Crippen molar-refractivity contribution in [3.8, 4) is 0 Å². The highest BCUT2D eigenvalue weighted by molar-refractivity contribution is 5.84. The zero-order valence-electron chi connectivity index (χ0n) is 8.82. The van der Waals surface area contributed by atoms with Crippen molar-refractivity contribution in [1.82, 2.24) is 10.2 Å². The first kappa shape index (κ1) is 11.0. The van der Waals surface area contributed by atoms with Crippen LogP contribution in [0.4, 0.5) is 0 Å². The van der Waals surface area contributed by atoms with Crippen molar-refractivity contribution in [2.45, 2.75) is 32.7 Å². The summed E-state index contributed by atoms with van der Waals surface area (Å²) in [5.74, 6) is 0.206. The number of carbonyl (C=O) groups excluding carboxylic acids is 2. The van der Waals surface area contributed by atoms with Gasteiger partial charge in [-0.2, -0.15) is 0 Å². The van der Waals surface area contributed by atoms with Gasteiger partial charge in [0.2, 0.25) is 12.3 Å². The fraction of sp³-hybridized carbons (Fsp3) is 0.800. The molecule has 4 heteroatoms. The molecule has 0 spiro atoms. The molecule has 1 heterocycles. The second kappa shape index (κ2) is 4.98. The highest BCUT2D eigenvalue weighted by atomic mass is 16.2. The lowest BCUT2D eigenvalue weighted by atomic mass is 10.0. The molecule has 0 unspecified atom stereocenters. The normalized spacial score (nSPS) is 18.4. The van der Waals surface area contributed by atoms with Crippen LogP contribution in [0.2, 0.25) is 0 Å². The molecular formula is C10H18N2O2. The quantitative estimate of drug-likeness (QED) is 0.664. The van der Waals surface area contributed by atoms with Crippen molar-refractivity contribution in [2.24, 2.45) is 5.92 Å². The Balaban J connectivity index is 2.57. The van der Waals surface area contributed by atoms with Crippen LogP contribution in [0.3, 0.4) is 0 Å². The molecule has 1 aliphatic heterocycles. The minimum absolute atomic E-state index is 0.0598. The van der Waals surface area contributed by atoms with Gasteiger partial charge in [-0.1, -0.05) is 13.8 Å². The van der Waals surface area contributed by atoms with E-state index in [1.807, 2.05) is 18.7 Å². The summed E-state index contributed by atoms with van der Waals surface area (Å²) in [4.78, 5) is 24.1. The van der Waals surface area contributed by atoms with Gasteiger partial charge in [-0.15, -0.1) is 0 Å². The first-order valence-corrected chi connectivity index (χ1v) is 5.15. The maximum Gasteiger partial charge on any atom is 0.245 e. The Morgan fingerprint density at radius 1 is 1.36 bits per heavy atom. The van der Waals surface area contributed by atoms with Crippen LogP contribution in [-0.4, -0.2) is 36.3 Å². The van der Waals surface area contributed by atoms with Gasteiger partial charge < -0.3 is 10.2 Å². The van der Waals surface area contributed by atoms with E-state index in [0.29, 0.717) is 6.41 Å². The van der Waals surface area contributed by atoms with Gasteiger partial charge in [0.1, 0.15) is 6.04 Å². The van der Waals surface area contributed by atoms with Crippen molar-refractivity contribution < 1.29 is 9.59 Å². The third kappa shape index (κ3) is 2.47. The number of carbonyl (C=O) groups is 2. The zero-order chi connectivity index (χ0) is 10.6. The Labute approximate surface area is 84.7 Å². The van der Waals surface area contributed by atoms with Gasteiger partial charge in [-0.3, -0.25) is 9.59 Å². The number of nitrogens with zero attached hydrogens (tertiary/aromatic N) is 1. The molecule has 0 bridgehead atoms. The van der Waals surface area contributed by atoms with E-state index in [-0.39, 0.29) is 17.9 Å². The molecule has 1 saturated heterocycles. The van der Waals surface area contributed by atoms with E-state index in [1.54, 1.807) is 0 Å². The van der Waals surface area contributed by atoms with Gasteiger partial charge in [0.25, 0.3) is 0 Å². The van der Waals surface area contributed by atoms with Gasteiger partial charge in [0.05, 0.1) is 0 Å². The van der Waals surface area contributed by atoms with Crippen LogP contribution in [0.25, 0.3) is 0 Å². The fourth-order valence-corrected chi connectivity index (χ4v) is 1.76. The molecular weight excluding hydrogens is 180 g/mol. The second-order valence-electron chi connectivity index (χ2n) is 4.04. The molecule has 4 nitrogen and oxygen atoms in total. The molecule has 0 aliphatic carbocycles. The highest BCUT2D eigenvalue weighted by Gasteiger charge is 2.27. The van der Waals surface area contributed by atoms with E-state index in [4.69, 9.17) is 0 Å². The topological polar surface area (TPSA) is 49.4 Å². The smallest absolute Gasteiger partial charge is 0.245 e. The van der Waals surface area contributed by atoms with Gasteiger partial charge >= 0.3 is 0 Å². The summed E-state index contributed by atoms with van der Waals surface area (Å²) in [6, 6.07) is -0.356. The molecule has 0 aromatic rings. The molecule has 0 aromatic heterocycles. The first-order chi connectivity index (χ1) is 6.66. The Kier molecular flexibility index (Phi) is 3.92. The minimum atomic E-state index is -0.356. The molecule has 1 fully saturated rings. The largest absolute Gasteiger partial charge is 0.347 e. The Morgan fingerprint density at radius 3 is 2.36 bits per heavy atom. The van der Waals surface area contributed by atoms with Crippen molar-refractivity contribution in [1.29, 1.82) is 0 Å². The van der Waals surface area contributed by atoms with E-state index in [9.17, 15) is 9.59 Å². The number of amides is 2. The van der Waals surface area contributed by atoms with Gasteiger partial charge in [0.15, 0.2) is 0 Å². The Morgan fingerprint density at radius 2 is 1.93 bits per heavy atom. The van der Waals surface area contributed by atoms with E-state index in [2.05, 4.69) is 5.32 Å². The van der Waals surface area contributed by atoms with Crippen LogP contribution in [0.15, 0.2) is 0 Å². The van der Waals surface area contributed by atoms with Crippen LogP contribution < -0.4 is 5.32 Å². The van der Waals surface area contributed by atoms with Gasteiger partial charge in [0, 0.05) is 13.1 Å². The Hall–Kier alpha value is -1.06. The average Bonchev–Trinajstić information content (AvgIpc) is 2.65. The maximum atomic E-state index is 11.9. The van der Waals surface area contributed by atoms with Crippen LogP contribution >= 0.6 is 0 Å². The Bertz CT molecular complexity index is 210. The maximum absolute atomic E-state index is 11.9. The third-order valence-corrected chi connectivity index (χ3v) is 2.60. The zero-order valence-corrected chi connectivity index (χ0v) is 8.82. The number of likely N-dealkylation sites (tertiary alicyclic amines) is 1. The average molecular weight is 198 g/mol. The van der Waals surface area contributed by atoms with E-state index >= 15 is 0 Å². The molecule has 1 atom stereocenters. The summed E-state index contributed by atoms with van der Waals surface area (Å²) < 4.78 is 0. The summed E-state index contributed by atoms with van der Waals surface area (Å²) in [5, 5.41) is 2.59. The second-order valence-corrected chi connectivity index (χ2v) is 4.04. The van der Waals surface area contributed by atoms with E-state index in [1.165, 1.54) is 0 Å². The van der Waals surface area contributed by atoms with Crippen LogP contribution in [0, 0.1) is 5.92 Å². The van der Waals surface area contributed by atoms with Crippen LogP contribution in [0.1, 0.15) is 26.7 Å². The van der Waals surface area contributed by atoms with Crippen molar-refractivity contribution in [3.05, 3.63) is 0 Å². The molecule has 0 aromatic carbocycles. The van der Waals surface area contributed by atoms with Crippen molar-refractivity contribution in [2.75, 3.05) is 13.1 Å². The van der Waals surface area contributed by atoms with E-state index in [0.717, 1.165) is 25.9 Å². The first-order valence-electron chi connectivity index (χ1n) is 5.15. The lowest BCUT2D eigenvalue weighted by molar-refractivity contribution is -0.134. The standard InChI is InChI=1S/C10H18N2O2/c1-8(2)9(11-7-13)10(14)12-5-3-4-6-12/h7-9H,3-6H2,1-2H3,(H,11,13)/t9-/m1/s1. The lowest BCUT2D eigenvalue weighted by Gasteiger charge is -2.25. The fourth-order valence-electron chi connectivity index (χ4n) is 1.76. The SMILES string of the molecule is CC(C)[C@@H](NC=O)C(=O)N1CCCC1. The number of nitrogens with one attached hydrogen (secondary N) is 1. The highest BCUT2D eigenvalue weighted by Crippen LogP contribution is 2.12. The van der Waals surface area contributed by atoms with Crippen molar-refractivity contribution in [3.63, 3.8) is 0 Å². The molecule has 80 valence electrons. The van der Waals surface area contributed by atoms with Crippen LogP contribution in [-0.2, 0) is 9.59 Å². The minimum Gasteiger partial charge on any atom is -0.347 e. The number of rotatable bonds is 4. The predicted molar refractivity (Wildman–Crippen MR) is 53.6 cm³/mol. The number of hydrogen-bond donors (Lipinski definition) is 1. The summed E-state index contributed by atoms with van der Waals surface area (Å²) in [6.45, 7) is 5.55. The van der Waals surface area contributed by atoms with Gasteiger partial charge in [-0.05, 0) is 18.8 Å². The van der Waals surface area contributed by atoms with Crippen LogP contribution in [0.5, 0.6) is 0 Å². The molecule has 1 N–H and O–H groups in total. The van der Waals surface area contributed by atoms with Gasteiger partial charge in [-0.25, -0.2) is 0 Å². The molecule has 1 aliphatic rings. The van der Waals surface area contributed by atoms with Crippen molar-refractivity contribution >= 4 is 12.3 Å². The third-order valence-electron chi connectivity index (χ3n) is 2.60. The molecule has 0 radical (unpaired) electrons. The monoisotopic (exact) mass is 198 g/mol. The predicted octanol–water partition coefficient (Wildman–Crippen LogP) is 0.379. The van der Waals surface area contributed by atoms with E-state index < -0.39 is 0 Å². The number of hydrogen-bond acceptors (Lipinski definition) is 2. The molecule has 1 rings (SSSR count). The summed E-state index contributed by atoms with van der Waals surface area (Å²) in [5.41, 5.74) is 0. The summed E-state index contributed by atoms with van der Waals surface area (Å²) in [7, 11) is 0. The molecule has 14 heavy (non-hydrogen) atoms. The molecule has 2 amide bonds.